The summed E-state index contributed by atoms with van der Waals surface area (Å²) < 4.78 is 0. The van der Waals surface area contributed by atoms with Crippen molar-refractivity contribution in [2.24, 2.45) is 5.73 Å². The Morgan fingerprint density at radius 2 is 2.00 bits per heavy atom. The first kappa shape index (κ1) is 7.71. The molecule has 1 atom stereocenters. The average molecular weight is 164 g/mol. The molecule has 1 saturated carbocycles. The quantitative estimate of drug-likeness (QED) is 0.673. The molecule has 1 aliphatic carbocycles. The summed E-state index contributed by atoms with van der Waals surface area (Å²) in [6, 6.07) is 3.61. The van der Waals surface area contributed by atoms with Crippen LogP contribution in [0.1, 0.15) is 24.5 Å². The molecule has 2 rings (SSSR count). The van der Waals surface area contributed by atoms with Gasteiger partial charge in [-0.3, -0.25) is 4.98 Å². The van der Waals surface area contributed by atoms with Crippen molar-refractivity contribution in [1.29, 1.82) is 0 Å². The Bertz CT molecular complexity index is 269. The summed E-state index contributed by atoms with van der Waals surface area (Å²) in [7, 11) is 0. The molecule has 0 radical (unpaired) electrons. The maximum Gasteiger partial charge on any atom is 0.0970 e. The van der Waals surface area contributed by atoms with E-state index in [-0.39, 0.29) is 5.54 Å². The van der Waals surface area contributed by atoms with Gasteiger partial charge in [0, 0.05) is 17.9 Å². The number of nitrogens with zero attached hydrogens (tertiary/aromatic N) is 1. The van der Waals surface area contributed by atoms with E-state index >= 15 is 0 Å². The molecule has 1 heterocycles. The zero-order chi connectivity index (χ0) is 8.60. The van der Waals surface area contributed by atoms with Crippen molar-refractivity contribution in [2.45, 2.75) is 24.5 Å². The fourth-order valence-corrected chi connectivity index (χ4v) is 1.30. The fraction of sp³-hybridized carbons (Fsp3) is 0.444. The van der Waals surface area contributed by atoms with E-state index in [2.05, 4.69) is 4.98 Å². The van der Waals surface area contributed by atoms with E-state index < -0.39 is 6.10 Å². The van der Waals surface area contributed by atoms with Crippen molar-refractivity contribution in [2.75, 3.05) is 0 Å². The maximum absolute atomic E-state index is 9.77. The monoisotopic (exact) mass is 164 g/mol. The first-order valence-electron chi connectivity index (χ1n) is 4.09. The largest absolute Gasteiger partial charge is 0.386 e. The summed E-state index contributed by atoms with van der Waals surface area (Å²) in [6.45, 7) is 0. The van der Waals surface area contributed by atoms with E-state index in [1.54, 1.807) is 24.5 Å². The van der Waals surface area contributed by atoms with Crippen molar-refractivity contribution in [3.05, 3.63) is 30.1 Å². The molecule has 3 heteroatoms. The topological polar surface area (TPSA) is 59.1 Å². The molecule has 0 spiro atoms. The van der Waals surface area contributed by atoms with E-state index in [4.69, 9.17) is 5.73 Å². The molecule has 12 heavy (non-hydrogen) atoms. The summed E-state index contributed by atoms with van der Waals surface area (Å²) >= 11 is 0. The highest BCUT2D eigenvalue weighted by Gasteiger charge is 2.45. The molecule has 3 N–H and O–H groups in total. The molecular weight excluding hydrogens is 152 g/mol. The molecule has 1 unspecified atom stereocenters. The minimum absolute atomic E-state index is 0.360. The summed E-state index contributed by atoms with van der Waals surface area (Å²) in [5, 5.41) is 9.77. The van der Waals surface area contributed by atoms with Crippen molar-refractivity contribution >= 4 is 0 Å². The lowest BCUT2D eigenvalue weighted by molar-refractivity contribution is 0.136. The third kappa shape index (κ3) is 1.21. The maximum atomic E-state index is 9.77. The predicted molar refractivity (Wildman–Crippen MR) is 45.3 cm³/mol. The van der Waals surface area contributed by atoms with Crippen LogP contribution in [0.25, 0.3) is 0 Å². The number of rotatable bonds is 2. The van der Waals surface area contributed by atoms with Gasteiger partial charge >= 0.3 is 0 Å². The number of aliphatic hydroxyl groups excluding tert-OH is 1. The molecular formula is C9H12N2O. The highest BCUT2D eigenvalue weighted by Crippen LogP contribution is 2.43. The Morgan fingerprint density at radius 1 is 1.42 bits per heavy atom. The summed E-state index contributed by atoms with van der Waals surface area (Å²) in [4.78, 5) is 3.88. The number of aliphatic hydroxyl groups is 1. The molecule has 1 aliphatic rings. The third-order valence-electron chi connectivity index (χ3n) is 2.39. The molecule has 0 aliphatic heterocycles. The third-order valence-corrected chi connectivity index (χ3v) is 2.39. The van der Waals surface area contributed by atoms with Gasteiger partial charge in [-0.2, -0.15) is 0 Å². The molecule has 0 amide bonds. The highest BCUT2D eigenvalue weighted by molar-refractivity contribution is 5.21. The van der Waals surface area contributed by atoms with Crippen molar-refractivity contribution in [1.82, 2.24) is 4.98 Å². The first-order chi connectivity index (χ1) is 5.72. The Morgan fingerprint density at radius 3 is 2.50 bits per heavy atom. The van der Waals surface area contributed by atoms with Gasteiger partial charge in [0.1, 0.15) is 0 Å². The number of pyridine rings is 1. The van der Waals surface area contributed by atoms with Gasteiger partial charge in [-0.25, -0.2) is 0 Å². The van der Waals surface area contributed by atoms with Gasteiger partial charge in [-0.15, -0.1) is 0 Å². The fourth-order valence-electron chi connectivity index (χ4n) is 1.30. The lowest BCUT2D eigenvalue weighted by Crippen LogP contribution is -2.30. The van der Waals surface area contributed by atoms with Crippen LogP contribution in [-0.2, 0) is 0 Å². The molecule has 0 aromatic carbocycles. The zero-order valence-electron chi connectivity index (χ0n) is 6.77. The Balaban J connectivity index is 2.20. The summed E-state index contributed by atoms with van der Waals surface area (Å²) in [6.07, 6.45) is 4.64. The standard InChI is InChI=1S/C9H12N2O/c10-9(3-4-9)8(12)7-1-5-11-6-2-7/h1-2,5-6,8,12H,3-4,10H2. The summed E-state index contributed by atoms with van der Waals surface area (Å²) in [5.41, 5.74) is 6.36. The van der Waals surface area contributed by atoms with Crippen LogP contribution in [0, 0.1) is 0 Å². The van der Waals surface area contributed by atoms with Gasteiger partial charge in [0.15, 0.2) is 0 Å². The molecule has 1 fully saturated rings. The van der Waals surface area contributed by atoms with Gasteiger partial charge in [-0.1, -0.05) is 0 Å². The lowest BCUT2D eigenvalue weighted by atomic mass is 10.0. The van der Waals surface area contributed by atoms with Crippen molar-refractivity contribution < 1.29 is 5.11 Å². The smallest absolute Gasteiger partial charge is 0.0970 e. The second-order valence-electron chi connectivity index (χ2n) is 3.42. The van der Waals surface area contributed by atoms with Gasteiger partial charge in [0.25, 0.3) is 0 Å². The van der Waals surface area contributed by atoms with Crippen LogP contribution in [0.15, 0.2) is 24.5 Å². The zero-order valence-corrected chi connectivity index (χ0v) is 6.77. The molecule has 64 valence electrons. The molecule has 1 aromatic rings. The van der Waals surface area contributed by atoms with E-state index in [0.29, 0.717) is 0 Å². The molecule has 3 nitrogen and oxygen atoms in total. The van der Waals surface area contributed by atoms with Crippen LogP contribution >= 0.6 is 0 Å². The lowest BCUT2D eigenvalue weighted by Gasteiger charge is -2.17. The van der Waals surface area contributed by atoms with Crippen LogP contribution < -0.4 is 5.73 Å². The summed E-state index contributed by atoms with van der Waals surface area (Å²) in [5.74, 6) is 0. The van der Waals surface area contributed by atoms with Crippen molar-refractivity contribution in [3.63, 3.8) is 0 Å². The van der Waals surface area contributed by atoms with Crippen LogP contribution in [0.4, 0.5) is 0 Å². The Kier molecular flexibility index (Phi) is 1.63. The number of hydrogen-bond acceptors (Lipinski definition) is 3. The van der Waals surface area contributed by atoms with E-state index in [0.717, 1.165) is 18.4 Å². The Hall–Kier alpha value is -0.930. The highest BCUT2D eigenvalue weighted by atomic mass is 16.3. The molecule has 1 aromatic heterocycles. The van der Waals surface area contributed by atoms with Crippen LogP contribution in [0.5, 0.6) is 0 Å². The van der Waals surface area contributed by atoms with Gasteiger partial charge < -0.3 is 10.8 Å². The molecule has 0 bridgehead atoms. The van der Waals surface area contributed by atoms with E-state index in [9.17, 15) is 5.11 Å². The van der Waals surface area contributed by atoms with Crippen LogP contribution in [0.2, 0.25) is 0 Å². The van der Waals surface area contributed by atoms with Crippen molar-refractivity contribution in [3.8, 4) is 0 Å². The number of aromatic nitrogens is 1. The SMILES string of the molecule is NC1(C(O)c2ccncc2)CC1. The average Bonchev–Trinajstić information content (AvgIpc) is 2.85. The van der Waals surface area contributed by atoms with E-state index in [1.165, 1.54) is 0 Å². The molecule has 0 saturated heterocycles. The Labute approximate surface area is 71.2 Å². The first-order valence-corrected chi connectivity index (χ1v) is 4.09. The second-order valence-corrected chi connectivity index (χ2v) is 3.42. The van der Waals surface area contributed by atoms with E-state index in [1.807, 2.05) is 0 Å². The normalized spacial score (nSPS) is 21.8. The van der Waals surface area contributed by atoms with Gasteiger partial charge in [0.2, 0.25) is 0 Å². The van der Waals surface area contributed by atoms with Crippen LogP contribution in [-0.4, -0.2) is 15.6 Å². The predicted octanol–water partition coefficient (Wildman–Crippen LogP) is 0.606. The number of hydrogen-bond donors (Lipinski definition) is 2. The number of nitrogens with two attached hydrogens (primary N) is 1. The second kappa shape index (κ2) is 2.54. The van der Waals surface area contributed by atoms with Gasteiger partial charge in [0.05, 0.1) is 6.10 Å². The van der Waals surface area contributed by atoms with Gasteiger partial charge in [-0.05, 0) is 30.5 Å². The van der Waals surface area contributed by atoms with Crippen LogP contribution in [0.3, 0.4) is 0 Å². The minimum atomic E-state index is -0.527. The minimum Gasteiger partial charge on any atom is -0.386 e.